The van der Waals surface area contributed by atoms with Gasteiger partial charge in [0.05, 0.1) is 6.42 Å². The summed E-state index contributed by atoms with van der Waals surface area (Å²) in [6.07, 6.45) is -0.865. The number of anilines is 1. The van der Waals surface area contributed by atoms with Crippen LogP contribution in [0, 0.1) is 0 Å². The number of para-hydroxylation sites is 1. The Balaban J connectivity index is 0.000000318. The van der Waals surface area contributed by atoms with Crippen molar-refractivity contribution in [1.82, 2.24) is 0 Å². The van der Waals surface area contributed by atoms with E-state index in [1.54, 1.807) is 0 Å². The Morgan fingerprint density at radius 3 is 1.82 bits per heavy atom. The Hall–Kier alpha value is -2.37. The lowest BCUT2D eigenvalue weighted by Gasteiger charge is -1.88. The highest BCUT2D eigenvalue weighted by Gasteiger charge is 2.12. The van der Waals surface area contributed by atoms with E-state index in [4.69, 9.17) is 15.9 Å². The quantitative estimate of drug-likeness (QED) is 0.527. The summed E-state index contributed by atoms with van der Waals surface area (Å²) in [5.74, 6) is -3.82. The van der Waals surface area contributed by atoms with E-state index in [-0.39, 0.29) is 0 Å². The van der Waals surface area contributed by atoms with Gasteiger partial charge in [-0.1, -0.05) is 18.2 Å². The minimum atomic E-state index is -1.58. The van der Waals surface area contributed by atoms with E-state index in [9.17, 15) is 14.4 Å². The topological polar surface area (TPSA) is 118 Å². The van der Waals surface area contributed by atoms with Gasteiger partial charge in [0.25, 0.3) is 0 Å². The van der Waals surface area contributed by atoms with Gasteiger partial charge in [0, 0.05) is 12.1 Å². The van der Waals surface area contributed by atoms with Crippen LogP contribution >= 0.6 is 0 Å². The van der Waals surface area contributed by atoms with Crippen LogP contribution in [0.5, 0.6) is 0 Å². The molecule has 6 heteroatoms. The Morgan fingerprint density at radius 2 is 1.53 bits per heavy atom. The maximum Gasteiger partial charge on any atom is 0.372 e. The van der Waals surface area contributed by atoms with Crippen LogP contribution in [0.25, 0.3) is 0 Å². The smallest absolute Gasteiger partial charge is 0.372 e. The van der Waals surface area contributed by atoms with Gasteiger partial charge < -0.3 is 15.9 Å². The zero-order valence-electron chi connectivity index (χ0n) is 9.00. The van der Waals surface area contributed by atoms with Crippen LogP contribution in [0.15, 0.2) is 30.3 Å². The zero-order chi connectivity index (χ0) is 13.3. The maximum absolute atomic E-state index is 10.2. The number of rotatable bonds is 4. The normalized spacial score (nSPS) is 8.71. The van der Waals surface area contributed by atoms with E-state index in [2.05, 4.69) is 0 Å². The van der Waals surface area contributed by atoms with Gasteiger partial charge in [-0.05, 0) is 12.1 Å². The van der Waals surface area contributed by atoms with E-state index < -0.39 is 30.6 Å². The zero-order valence-corrected chi connectivity index (χ0v) is 9.00. The van der Waals surface area contributed by atoms with E-state index in [1.165, 1.54) is 0 Å². The van der Waals surface area contributed by atoms with Gasteiger partial charge >= 0.3 is 11.9 Å². The van der Waals surface area contributed by atoms with Crippen molar-refractivity contribution in [3.05, 3.63) is 30.3 Å². The number of carboxylic acids is 2. The standard InChI is InChI=1S/C6H7N.C5H6O5/c7-6-4-2-1-3-5-6;6-3(5(9)10)1-2-4(7)8/h1-5H,7H2;1-2H2,(H,7,8)(H,9,10). The third-order valence-corrected chi connectivity index (χ3v) is 1.60. The number of hydrogen-bond donors (Lipinski definition) is 3. The second-order valence-electron chi connectivity index (χ2n) is 3.03. The molecule has 1 aromatic carbocycles. The number of aliphatic carboxylic acids is 2. The van der Waals surface area contributed by atoms with E-state index in [0.717, 1.165) is 5.69 Å². The summed E-state index contributed by atoms with van der Waals surface area (Å²) in [4.78, 5) is 29.7. The first kappa shape index (κ1) is 14.6. The molecule has 4 N–H and O–H groups in total. The number of nitrogen functional groups attached to an aromatic ring is 1. The molecule has 0 aliphatic heterocycles. The van der Waals surface area contributed by atoms with Crippen LogP contribution in [0.4, 0.5) is 5.69 Å². The van der Waals surface area contributed by atoms with Crippen molar-refractivity contribution in [3.63, 3.8) is 0 Å². The molecular formula is C11H13NO5. The molecule has 0 radical (unpaired) electrons. The molecule has 0 fully saturated rings. The molecule has 1 aromatic rings. The molecule has 0 bridgehead atoms. The van der Waals surface area contributed by atoms with Crippen LogP contribution in [0.3, 0.4) is 0 Å². The van der Waals surface area contributed by atoms with Gasteiger partial charge in [0.2, 0.25) is 5.78 Å². The van der Waals surface area contributed by atoms with Crippen molar-refractivity contribution >= 4 is 23.4 Å². The Morgan fingerprint density at radius 1 is 1.00 bits per heavy atom. The van der Waals surface area contributed by atoms with Crippen molar-refractivity contribution in [2.24, 2.45) is 0 Å². The van der Waals surface area contributed by atoms with Gasteiger partial charge in [0.15, 0.2) is 0 Å². The summed E-state index contributed by atoms with van der Waals surface area (Å²) in [6, 6.07) is 9.49. The summed E-state index contributed by atoms with van der Waals surface area (Å²) in [5.41, 5.74) is 6.18. The number of Topliss-reactive ketones (excluding diaryl/α,β-unsaturated/α-hetero) is 1. The van der Waals surface area contributed by atoms with Crippen LogP contribution in [0.2, 0.25) is 0 Å². The number of nitrogens with two attached hydrogens (primary N) is 1. The SMILES string of the molecule is Nc1ccccc1.O=C(O)CCC(=O)C(=O)O. The molecule has 1 rings (SSSR count). The first-order valence-electron chi connectivity index (χ1n) is 4.72. The lowest BCUT2D eigenvalue weighted by Crippen LogP contribution is -2.13. The highest BCUT2D eigenvalue weighted by molar-refractivity contribution is 6.32. The van der Waals surface area contributed by atoms with Crippen molar-refractivity contribution in [2.45, 2.75) is 12.8 Å². The summed E-state index contributed by atoms with van der Waals surface area (Å²) >= 11 is 0. The van der Waals surface area contributed by atoms with E-state index in [1.807, 2.05) is 30.3 Å². The molecule has 0 aliphatic rings. The van der Waals surface area contributed by atoms with Crippen LogP contribution in [-0.2, 0) is 14.4 Å². The molecule has 6 nitrogen and oxygen atoms in total. The second-order valence-corrected chi connectivity index (χ2v) is 3.03. The van der Waals surface area contributed by atoms with Gasteiger partial charge in [-0.15, -0.1) is 0 Å². The summed E-state index contributed by atoms with van der Waals surface area (Å²) in [5, 5.41) is 16.0. The van der Waals surface area contributed by atoms with E-state index >= 15 is 0 Å². The Kier molecular flexibility index (Phi) is 6.77. The average Bonchev–Trinajstić information content (AvgIpc) is 2.27. The molecule has 0 heterocycles. The molecule has 0 amide bonds. The van der Waals surface area contributed by atoms with Gasteiger partial charge in [-0.3, -0.25) is 9.59 Å². The molecule has 0 spiro atoms. The molecule has 0 atom stereocenters. The highest BCUT2D eigenvalue weighted by Crippen LogP contribution is 1.95. The third kappa shape index (κ3) is 8.61. The highest BCUT2D eigenvalue weighted by atomic mass is 16.4. The largest absolute Gasteiger partial charge is 0.481 e. The average molecular weight is 239 g/mol. The van der Waals surface area contributed by atoms with Crippen LogP contribution in [-0.4, -0.2) is 27.9 Å². The summed E-state index contributed by atoms with van der Waals surface area (Å²) in [7, 11) is 0. The van der Waals surface area contributed by atoms with Crippen LogP contribution in [0.1, 0.15) is 12.8 Å². The van der Waals surface area contributed by atoms with Crippen molar-refractivity contribution in [3.8, 4) is 0 Å². The van der Waals surface area contributed by atoms with Gasteiger partial charge in [-0.25, -0.2) is 4.79 Å². The fraction of sp³-hybridized carbons (Fsp3) is 0.182. The van der Waals surface area contributed by atoms with Gasteiger partial charge in [-0.2, -0.15) is 0 Å². The molecule has 92 valence electrons. The molecule has 0 aromatic heterocycles. The predicted octanol–water partition coefficient (Wildman–Crippen LogP) is 0.774. The molecular weight excluding hydrogens is 226 g/mol. The predicted molar refractivity (Wildman–Crippen MR) is 60.4 cm³/mol. The second kappa shape index (κ2) is 7.86. The third-order valence-electron chi connectivity index (χ3n) is 1.60. The maximum atomic E-state index is 10.2. The van der Waals surface area contributed by atoms with Crippen molar-refractivity contribution in [1.29, 1.82) is 0 Å². The minimum Gasteiger partial charge on any atom is -0.481 e. The fourth-order valence-corrected chi connectivity index (χ4v) is 0.780. The van der Waals surface area contributed by atoms with Crippen molar-refractivity contribution in [2.75, 3.05) is 5.73 Å². The molecule has 0 saturated carbocycles. The Labute approximate surface area is 97.7 Å². The van der Waals surface area contributed by atoms with Crippen LogP contribution < -0.4 is 5.73 Å². The monoisotopic (exact) mass is 239 g/mol. The number of carbonyl (C=O) groups is 3. The number of carboxylic acid groups (broad SMARTS) is 2. The van der Waals surface area contributed by atoms with E-state index in [0.29, 0.717) is 0 Å². The molecule has 0 saturated heterocycles. The summed E-state index contributed by atoms with van der Waals surface area (Å²) in [6.45, 7) is 0. The first-order valence-corrected chi connectivity index (χ1v) is 4.72. The van der Waals surface area contributed by atoms with Crippen molar-refractivity contribution < 1.29 is 24.6 Å². The number of hydrogen-bond acceptors (Lipinski definition) is 4. The first-order chi connectivity index (χ1) is 7.93. The minimum absolute atomic E-state index is 0.425. The number of ketones is 1. The molecule has 0 unspecified atom stereocenters. The number of carbonyl (C=O) groups excluding carboxylic acids is 1. The fourth-order valence-electron chi connectivity index (χ4n) is 0.780. The lowest BCUT2D eigenvalue weighted by atomic mass is 10.2. The molecule has 0 aliphatic carbocycles. The molecule has 17 heavy (non-hydrogen) atoms. The number of benzene rings is 1. The Bertz CT molecular complexity index is 388. The van der Waals surface area contributed by atoms with Gasteiger partial charge in [0.1, 0.15) is 0 Å². The lowest BCUT2D eigenvalue weighted by molar-refractivity contribution is -0.149. The summed E-state index contributed by atoms with van der Waals surface area (Å²) < 4.78 is 0.